The molecule has 0 radical (unpaired) electrons. The minimum absolute atomic E-state index is 0.0141. The molecule has 7 nitrogen and oxygen atoms in total. The average Bonchev–Trinajstić information content (AvgIpc) is 2.72. The highest BCUT2D eigenvalue weighted by Gasteiger charge is 2.22. The summed E-state index contributed by atoms with van der Waals surface area (Å²) in [6.45, 7) is 0.328. The third kappa shape index (κ3) is 6.54. The molecule has 0 bridgehead atoms. The number of alkyl halides is 2. The van der Waals surface area contributed by atoms with E-state index >= 15 is 0 Å². The molecule has 0 unspecified atom stereocenters. The van der Waals surface area contributed by atoms with Gasteiger partial charge in [0.05, 0.1) is 18.6 Å². The van der Waals surface area contributed by atoms with Crippen LogP contribution in [-0.4, -0.2) is 53.3 Å². The normalized spacial score (nSPS) is 11.7. The van der Waals surface area contributed by atoms with Gasteiger partial charge < -0.3 is 18.9 Å². The lowest BCUT2D eigenvalue weighted by atomic mass is 10.2. The molecule has 0 aliphatic carbocycles. The van der Waals surface area contributed by atoms with Crippen LogP contribution in [0.3, 0.4) is 0 Å². The van der Waals surface area contributed by atoms with E-state index in [9.17, 15) is 17.2 Å². The van der Waals surface area contributed by atoms with E-state index in [1.54, 1.807) is 12.1 Å². The molecule has 0 saturated carbocycles. The van der Waals surface area contributed by atoms with Crippen LogP contribution < -0.4 is 14.2 Å². The molecule has 0 heterocycles. The molecule has 0 saturated heterocycles. The van der Waals surface area contributed by atoms with Gasteiger partial charge in [0.1, 0.15) is 12.4 Å². The lowest BCUT2D eigenvalue weighted by molar-refractivity contribution is -0.0512. The lowest BCUT2D eigenvalue weighted by Crippen LogP contribution is -2.26. The summed E-state index contributed by atoms with van der Waals surface area (Å²) in [6.07, 6.45) is 0. The van der Waals surface area contributed by atoms with Gasteiger partial charge in [0.25, 0.3) is 0 Å². The summed E-state index contributed by atoms with van der Waals surface area (Å²) in [6, 6.07) is 10.3. The van der Waals surface area contributed by atoms with Gasteiger partial charge in [-0.2, -0.15) is 13.1 Å². The maximum Gasteiger partial charge on any atom is 0.387 e. The smallest absolute Gasteiger partial charge is 0.387 e. The molecular weight excluding hydrogens is 420 g/mol. The second-order valence-corrected chi connectivity index (χ2v) is 8.19. The van der Waals surface area contributed by atoms with Crippen LogP contribution in [0.25, 0.3) is 0 Å². The number of sulfonamides is 1. The maximum absolute atomic E-state index is 12.8. The van der Waals surface area contributed by atoms with Crippen molar-refractivity contribution in [1.29, 1.82) is 0 Å². The summed E-state index contributed by atoms with van der Waals surface area (Å²) in [5, 5.41) is 0. The number of methoxy groups -OCH3 is 1. The summed E-state index contributed by atoms with van der Waals surface area (Å²) in [4.78, 5) is 0.103. The van der Waals surface area contributed by atoms with Gasteiger partial charge in [0.2, 0.25) is 10.0 Å². The highest BCUT2D eigenvalue weighted by molar-refractivity contribution is 7.89. The Morgan fingerprint density at radius 3 is 2.33 bits per heavy atom. The van der Waals surface area contributed by atoms with Crippen molar-refractivity contribution < 1.29 is 36.1 Å². The summed E-state index contributed by atoms with van der Waals surface area (Å²) in [5.41, 5.74) is 0.551. The lowest BCUT2D eigenvalue weighted by Gasteiger charge is -2.18. The summed E-state index contributed by atoms with van der Waals surface area (Å²) in [5.74, 6) is 0.504. The van der Waals surface area contributed by atoms with E-state index in [0.29, 0.717) is 31.1 Å². The Hall–Kier alpha value is -2.43. The molecule has 0 amide bonds. The molecule has 0 aliphatic heterocycles. The average molecular weight is 445 g/mol. The van der Waals surface area contributed by atoms with E-state index < -0.39 is 16.6 Å². The van der Waals surface area contributed by atoms with Crippen LogP contribution >= 0.6 is 0 Å². The standard InChI is InChI=1S/C20H25F2NO6S/c1-4-27-11-12-28-16-6-8-17(9-7-16)30(24,25)23(2)14-15-5-10-18(29-20(21)22)19(13-15)26-3/h5-10,13,20H,4,11-12,14H2,1-3H3. The van der Waals surface area contributed by atoms with Gasteiger partial charge in [-0.3, -0.25) is 0 Å². The molecular formula is C20H25F2NO6S. The number of benzene rings is 2. The van der Waals surface area contributed by atoms with Gasteiger partial charge >= 0.3 is 6.61 Å². The van der Waals surface area contributed by atoms with Crippen molar-refractivity contribution in [3.63, 3.8) is 0 Å². The quantitative estimate of drug-likeness (QED) is 0.466. The van der Waals surface area contributed by atoms with Crippen molar-refractivity contribution in [1.82, 2.24) is 4.31 Å². The minimum atomic E-state index is -3.77. The Bertz CT molecular complexity index is 906. The number of halogens is 2. The first-order chi connectivity index (χ1) is 14.3. The van der Waals surface area contributed by atoms with Crippen LogP contribution in [-0.2, 0) is 21.3 Å². The summed E-state index contributed by atoms with van der Waals surface area (Å²) < 4.78 is 71.8. The number of nitrogens with zero attached hydrogens (tertiary/aromatic N) is 1. The highest BCUT2D eigenvalue weighted by atomic mass is 32.2. The third-order valence-electron chi connectivity index (χ3n) is 4.08. The highest BCUT2D eigenvalue weighted by Crippen LogP contribution is 2.30. The fourth-order valence-corrected chi connectivity index (χ4v) is 3.76. The van der Waals surface area contributed by atoms with E-state index in [2.05, 4.69) is 4.74 Å². The number of rotatable bonds is 12. The summed E-state index contributed by atoms with van der Waals surface area (Å²) in [7, 11) is -1.03. The molecule has 0 N–H and O–H groups in total. The zero-order chi connectivity index (χ0) is 22.1. The molecule has 2 aromatic carbocycles. The Morgan fingerprint density at radius 1 is 1.03 bits per heavy atom. The maximum atomic E-state index is 12.8. The van der Waals surface area contributed by atoms with Crippen LogP contribution in [0.4, 0.5) is 8.78 Å². The topological polar surface area (TPSA) is 74.3 Å². The Labute approximate surface area is 175 Å². The second-order valence-electron chi connectivity index (χ2n) is 6.14. The molecule has 166 valence electrons. The van der Waals surface area contributed by atoms with Gasteiger partial charge in [0, 0.05) is 20.2 Å². The van der Waals surface area contributed by atoms with Gasteiger partial charge in [-0.05, 0) is 48.9 Å². The molecule has 0 atom stereocenters. The molecule has 0 fully saturated rings. The van der Waals surface area contributed by atoms with Crippen molar-refractivity contribution in [2.24, 2.45) is 0 Å². The molecule has 30 heavy (non-hydrogen) atoms. The first-order valence-electron chi connectivity index (χ1n) is 9.16. The van der Waals surface area contributed by atoms with Crippen LogP contribution in [0.5, 0.6) is 17.2 Å². The molecule has 0 aromatic heterocycles. The van der Waals surface area contributed by atoms with Crippen LogP contribution in [0.2, 0.25) is 0 Å². The monoisotopic (exact) mass is 445 g/mol. The fourth-order valence-electron chi connectivity index (χ4n) is 2.60. The van der Waals surface area contributed by atoms with Gasteiger partial charge in [-0.15, -0.1) is 0 Å². The minimum Gasteiger partial charge on any atom is -0.493 e. The van der Waals surface area contributed by atoms with E-state index in [4.69, 9.17) is 14.2 Å². The molecule has 0 spiro atoms. The Morgan fingerprint density at radius 2 is 1.73 bits per heavy atom. The zero-order valence-electron chi connectivity index (χ0n) is 17.0. The van der Waals surface area contributed by atoms with Crippen LogP contribution in [0.1, 0.15) is 12.5 Å². The van der Waals surface area contributed by atoms with Gasteiger partial charge in [0.15, 0.2) is 11.5 Å². The van der Waals surface area contributed by atoms with Crippen molar-refractivity contribution in [2.45, 2.75) is 25.0 Å². The Balaban J connectivity index is 2.07. The second kappa shape index (κ2) is 11.1. The molecule has 2 aromatic rings. The van der Waals surface area contributed by atoms with Crippen molar-refractivity contribution in [3.8, 4) is 17.2 Å². The SMILES string of the molecule is CCOCCOc1ccc(S(=O)(=O)N(C)Cc2ccc(OC(F)F)c(OC)c2)cc1. The fraction of sp³-hybridized carbons (Fsp3) is 0.400. The van der Waals surface area contributed by atoms with E-state index in [0.717, 1.165) is 4.31 Å². The molecule has 2 rings (SSSR count). The Kier molecular flexibility index (Phi) is 8.82. The van der Waals surface area contributed by atoms with E-state index in [1.807, 2.05) is 6.92 Å². The van der Waals surface area contributed by atoms with Crippen molar-refractivity contribution in [2.75, 3.05) is 34.0 Å². The first kappa shape index (κ1) is 23.8. The largest absolute Gasteiger partial charge is 0.493 e. The van der Waals surface area contributed by atoms with Crippen molar-refractivity contribution >= 4 is 10.0 Å². The van der Waals surface area contributed by atoms with Gasteiger partial charge in [-0.1, -0.05) is 6.07 Å². The molecule has 0 aliphatic rings. The number of ether oxygens (including phenoxy) is 4. The van der Waals surface area contributed by atoms with E-state index in [1.165, 1.54) is 44.5 Å². The van der Waals surface area contributed by atoms with Crippen LogP contribution in [0, 0.1) is 0 Å². The predicted octanol–water partition coefficient (Wildman–Crippen LogP) is 3.53. The summed E-state index contributed by atoms with van der Waals surface area (Å²) >= 11 is 0. The molecule has 10 heteroatoms. The van der Waals surface area contributed by atoms with Crippen molar-refractivity contribution in [3.05, 3.63) is 48.0 Å². The number of hydrogen-bond donors (Lipinski definition) is 0. The van der Waals surface area contributed by atoms with E-state index in [-0.39, 0.29) is 22.9 Å². The van der Waals surface area contributed by atoms with Crippen LogP contribution in [0.15, 0.2) is 47.4 Å². The third-order valence-corrected chi connectivity index (χ3v) is 5.90. The predicted molar refractivity (Wildman–Crippen MR) is 107 cm³/mol. The zero-order valence-corrected chi connectivity index (χ0v) is 17.8. The number of hydrogen-bond acceptors (Lipinski definition) is 6. The van der Waals surface area contributed by atoms with Gasteiger partial charge in [-0.25, -0.2) is 8.42 Å². The first-order valence-corrected chi connectivity index (χ1v) is 10.6.